The lowest BCUT2D eigenvalue weighted by Gasteiger charge is -2.29. The molecule has 0 bridgehead atoms. The number of para-hydroxylation sites is 1. The Morgan fingerprint density at radius 3 is 2.48 bits per heavy atom. The van der Waals surface area contributed by atoms with Crippen LogP contribution in [-0.4, -0.2) is 6.54 Å². The van der Waals surface area contributed by atoms with Gasteiger partial charge in [0, 0.05) is 5.39 Å². The highest BCUT2D eigenvalue weighted by molar-refractivity contribution is 5.81. The van der Waals surface area contributed by atoms with Crippen LogP contribution in [0.5, 0.6) is 0 Å². The van der Waals surface area contributed by atoms with Crippen LogP contribution in [0.15, 0.2) is 28.7 Å². The topological polar surface area (TPSA) is 25.2 Å². The fraction of sp³-hybridized carbons (Fsp3) is 0.579. The number of nitrogens with one attached hydrogen (secondary N) is 1. The van der Waals surface area contributed by atoms with E-state index in [0.717, 1.165) is 24.3 Å². The zero-order valence-electron chi connectivity index (χ0n) is 14.3. The molecule has 1 aromatic carbocycles. The van der Waals surface area contributed by atoms with E-state index < -0.39 is 0 Å². The van der Waals surface area contributed by atoms with Gasteiger partial charge in [0.25, 0.3) is 0 Å². The summed E-state index contributed by atoms with van der Waals surface area (Å²) in [7, 11) is 0. The third-order valence-electron chi connectivity index (χ3n) is 4.30. The highest BCUT2D eigenvalue weighted by Gasteiger charge is 2.28. The van der Waals surface area contributed by atoms with Gasteiger partial charge in [0.15, 0.2) is 0 Å². The molecule has 0 fully saturated rings. The number of hydrogen-bond donors (Lipinski definition) is 1. The molecule has 1 aromatic heterocycles. The molecule has 0 radical (unpaired) electrons. The van der Waals surface area contributed by atoms with Crippen molar-refractivity contribution in [2.75, 3.05) is 6.54 Å². The Hall–Kier alpha value is -1.28. The molecule has 0 aliphatic rings. The van der Waals surface area contributed by atoms with Gasteiger partial charge in [-0.25, -0.2) is 0 Å². The van der Waals surface area contributed by atoms with Crippen molar-refractivity contribution in [1.29, 1.82) is 0 Å². The van der Waals surface area contributed by atoms with E-state index in [1.807, 2.05) is 0 Å². The summed E-state index contributed by atoms with van der Waals surface area (Å²) >= 11 is 0. The molecule has 2 aromatic rings. The van der Waals surface area contributed by atoms with Gasteiger partial charge in [0.1, 0.15) is 11.3 Å². The maximum absolute atomic E-state index is 6.30. The van der Waals surface area contributed by atoms with Gasteiger partial charge in [-0.15, -0.1) is 0 Å². The van der Waals surface area contributed by atoms with Crippen LogP contribution in [0.3, 0.4) is 0 Å². The number of benzene rings is 1. The van der Waals surface area contributed by atoms with Gasteiger partial charge in [0.05, 0.1) is 6.04 Å². The zero-order valence-corrected chi connectivity index (χ0v) is 14.3. The fourth-order valence-corrected chi connectivity index (χ4v) is 2.89. The van der Waals surface area contributed by atoms with E-state index in [2.05, 4.69) is 71.1 Å². The molecule has 0 amide bonds. The first kappa shape index (κ1) is 16.1. The van der Waals surface area contributed by atoms with E-state index in [0.29, 0.717) is 5.92 Å². The monoisotopic (exact) mass is 287 g/mol. The summed E-state index contributed by atoms with van der Waals surface area (Å²) in [6.07, 6.45) is 1.13. The second-order valence-electron chi connectivity index (χ2n) is 7.08. The number of rotatable bonds is 5. The Morgan fingerprint density at radius 1 is 1.19 bits per heavy atom. The lowest BCUT2D eigenvalue weighted by atomic mass is 9.85. The first-order valence-corrected chi connectivity index (χ1v) is 8.14. The number of fused-ring (bicyclic) bond motifs is 1. The molecule has 0 aliphatic heterocycles. The van der Waals surface area contributed by atoms with Gasteiger partial charge in [-0.3, -0.25) is 0 Å². The summed E-state index contributed by atoms with van der Waals surface area (Å²) in [6, 6.07) is 8.94. The van der Waals surface area contributed by atoms with Crippen molar-refractivity contribution in [3.8, 4) is 0 Å². The standard InChI is InChI=1S/C19H29NO/c1-7-13(3)15-11-9-10-14-12-16(21-17(14)15)18(20-8-2)19(4,5)6/h9-13,18,20H,7-8H2,1-6H3. The van der Waals surface area contributed by atoms with Crippen LogP contribution in [0.1, 0.15) is 71.2 Å². The van der Waals surface area contributed by atoms with Gasteiger partial charge in [-0.1, -0.05) is 59.7 Å². The molecule has 2 unspecified atom stereocenters. The summed E-state index contributed by atoms with van der Waals surface area (Å²) < 4.78 is 6.30. The molecule has 0 saturated heterocycles. The van der Waals surface area contributed by atoms with E-state index in [4.69, 9.17) is 4.42 Å². The molecule has 0 saturated carbocycles. The summed E-state index contributed by atoms with van der Waals surface area (Å²) in [5, 5.41) is 4.79. The minimum Gasteiger partial charge on any atom is -0.459 e. The average molecular weight is 287 g/mol. The van der Waals surface area contributed by atoms with Crippen LogP contribution >= 0.6 is 0 Å². The SMILES string of the molecule is CCNC(c1cc2cccc(C(C)CC)c2o1)C(C)(C)C. The second kappa shape index (κ2) is 6.23. The second-order valence-corrected chi connectivity index (χ2v) is 7.08. The van der Waals surface area contributed by atoms with Gasteiger partial charge in [0.2, 0.25) is 0 Å². The van der Waals surface area contributed by atoms with Gasteiger partial charge in [-0.2, -0.15) is 0 Å². The lowest BCUT2D eigenvalue weighted by Crippen LogP contribution is -2.31. The van der Waals surface area contributed by atoms with Crippen molar-refractivity contribution >= 4 is 11.0 Å². The molecule has 2 atom stereocenters. The van der Waals surface area contributed by atoms with Crippen molar-refractivity contribution in [3.63, 3.8) is 0 Å². The molecular formula is C19H29NO. The largest absolute Gasteiger partial charge is 0.459 e. The van der Waals surface area contributed by atoms with E-state index in [1.54, 1.807) is 0 Å². The molecule has 0 aliphatic carbocycles. The maximum Gasteiger partial charge on any atom is 0.137 e. The Morgan fingerprint density at radius 2 is 1.90 bits per heavy atom. The van der Waals surface area contributed by atoms with E-state index in [-0.39, 0.29) is 11.5 Å². The molecule has 21 heavy (non-hydrogen) atoms. The Labute approximate surface area is 128 Å². The molecule has 0 spiro atoms. The normalized spacial score (nSPS) is 15.3. The predicted molar refractivity (Wildman–Crippen MR) is 90.8 cm³/mol. The first-order valence-electron chi connectivity index (χ1n) is 8.14. The fourth-order valence-electron chi connectivity index (χ4n) is 2.89. The molecule has 2 nitrogen and oxygen atoms in total. The number of furan rings is 1. The molecule has 2 rings (SSSR count). The smallest absolute Gasteiger partial charge is 0.137 e. The van der Waals surface area contributed by atoms with Gasteiger partial charge in [-0.05, 0) is 35.9 Å². The lowest BCUT2D eigenvalue weighted by molar-refractivity contribution is 0.244. The average Bonchev–Trinajstić information content (AvgIpc) is 2.85. The van der Waals surface area contributed by atoms with Crippen molar-refractivity contribution in [2.24, 2.45) is 5.41 Å². The Balaban J connectivity index is 2.51. The van der Waals surface area contributed by atoms with Crippen molar-refractivity contribution < 1.29 is 4.42 Å². The van der Waals surface area contributed by atoms with Crippen LogP contribution in [0.4, 0.5) is 0 Å². The molecule has 2 heteroatoms. The summed E-state index contributed by atoms with van der Waals surface area (Å²) in [6.45, 7) is 14.3. The number of hydrogen-bond acceptors (Lipinski definition) is 2. The van der Waals surface area contributed by atoms with Crippen LogP contribution < -0.4 is 5.32 Å². The highest BCUT2D eigenvalue weighted by Crippen LogP contribution is 2.37. The molecule has 116 valence electrons. The van der Waals surface area contributed by atoms with Crippen LogP contribution in [0.2, 0.25) is 0 Å². The van der Waals surface area contributed by atoms with Crippen LogP contribution in [0, 0.1) is 5.41 Å². The Kier molecular flexibility index (Phi) is 4.77. The van der Waals surface area contributed by atoms with Crippen LogP contribution in [-0.2, 0) is 0 Å². The van der Waals surface area contributed by atoms with Gasteiger partial charge >= 0.3 is 0 Å². The van der Waals surface area contributed by atoms with Crippen molar-refractivity contribution in [1.82, 2.24) is 5.32 Å². The molecular weight excluding hydrogens is 258 g/mol. The third-order valence-corrected chi connectivity index (χ3v) is 4.30. The predicted octanol–water partition coefficient (Wildman–Crippen LogP) is 5.64. The minimum absolute atomic E-state index is 0.125. The first-order chi connectivity index (χ1) is 9.88. The van der Waals surface area contributed by atoms with Crippen molar-refractivity contribution in [3.05, 3.63) is 35.6 Å². The van der Waals surface area contributed by atoms with E-state index in [9.17, 15) is 0 Å². The van der Waals surface area contributed by atoms with Gasteiger partial charge < -0.3 is 9.73 Å². The van der Waals surface area contributed by atoms with E-state index in [1.165, 1.54) is 10.9 Å². The molecule has 1 N–H and O–H groups in total. The zero-order chi connectivity index (χ0) is 15.6. The maximum atomic E-state index is 6.30. The summed E-state index contributed by atoms with van der Waals surface area (Å²) in [4.78, 5) is 0. The highest BCUT2D eigenvalue weighted by atomic mass is 16.3. The quantitative estimate of drug-likeness (QED) is 0.769. The van der Waals surface area contributed by atoms with Crippen LogP contribution in [0.25, 0.3) is 11.0 Å². The third kappa shape index (κ3) is 3.32. The Bertz CT molecular complexity index is 591. The van der Waals surface area contributed by atoms with E-state index >= 15 is 0 Å². The summed E-state index contributed by atoms with van der Waals surface area (Å²) in [5.74, 6) is 1.58. The molecule has 1 heterocycles. The van der Waals surface area contributed by atoms with Crippen molar-refractivity contribution in [2.45, 2.75) is 59.9 Å². The summed E-state index contributed by atoms with van der Waals surface area (Å²) in [5.41, 5.74) is 2.51. The minimum atomic E-state index is 0.125.